The van der Waals surface area contributed by atoms with Crippen molar-refractivity contribution in [3.63, 3.8) is 0 Å². The molecule has 4 nitrogen and oxygen atoms in total. The molecule has 0 radical (unpaired) electrons. The molecule has 1 aromatic heterocycles. The molecule has 0 unspecified atom stereocenters. The van der Waals surface area contributed by atoms with Gasteiger partial charge in [-0.1, -0.05) is 0 Å². The second-order valence-corrected chi connectivity index (χ2v) is 4.21. The Kier molecular flexibility index (Phi) is 2.40. The number of aliphatic hydroxyl groups is 1. The van der Waals surface area contributed by atoms with Crippen molar-refractivity contribution >= 4 is 0 Å². The van der Waals surface area contributed by atoms with E-state index in [2.05, 4.69) is 10.2 Å². The number of nitrogens with zero attached hydrogens (tertiary/aromatic N) is 3. The van der Waals surface area contributed by atoms with Gasteiger partial charge in [-0.15, -0.1) is 10.2 Å². The zero-order valence-corrected chi connectivity index (χ0v) is 9.17. The molecule has 1 heterocycles. The maximum atomic E-state index is 12.9. The molecule has 1 aliphatic carbocycles. The Balaban J connectivity index is 2.07. The van der Waals surface area contributed by atoms with Crippen molar-refractivity contribution in [1.29, 1.82) is 0 Å². The molecule has 0 aliphatic heterocycles. The number of benzene rings is 1. The summed E-state index contributed by atoms with van der Waals surface area (Å²) in [5, 5.41) is 17.3. The molecule has 1 fully saturated rings. The molecule has 1 N–H and O–H groups in total. The van der Waals surface area contributed by atoms with E-state index in [0.717, 1.165) is 18.4 Å². The lowest BCUT2D eigenvalue weighted by molar-refractivity contribution is 0.265. The van der Waals surface area contributed by atoms with E-state index in [9.17, 15) is 9.50 Å². The monoisotopic (exact) mass is 233 g/mol. The van der Waals surface area contributed by atoms with Gasteiger partial charge in [0.1, 0.15) is 12.4 Å². The van der Waals surface area contributed by atoms with Crippen LogP contribution in [0.25, 0.3) is 11.4 Å². The van der Waals surface area contributed by atoms with E-state index in [1.165, 1.54) is 12.1 Å². The first-order chi connectivity index (χ1) is 8.29. The lowest BCUT2D eigenvalue weighted by Gasteiger charge is -2.07. The minimum absolute atomic E-state index is 0.120. The standard InChI is InChI=1S/C12H12FN3O/c13-9-3-1-8(2-4-9)12-15-14-11(7-17)16(12)10-5-6-10/h1-4,10,17H,5-7H2. The van der Waals surface area contributed by atoms with Crippen LogP contribution in [0.1, 0.15) is 24.7 Å². The van der Waals surface area contributed by atoms with Gasteiger partial charge in [-0.25, -0.2) is 4.39 Å². The highest BCUT2D eigenvalue weighted by Crippen LogP contribution is 2.38. The first-order valence-corrected chi connectivity index (χ1v) is 5.60. The van der Waals surface area contributed by atoms with E-state index in [4.69, 9.17) is 0 Å². The Bertz CT molecular complexity index is 531. The van der Waals surface area contributed by atoms with Crippen molar-refractivity contribution in [3.8, 4) is 11.4 Å². The van der Waals surface area contributed by atoms with Crippen molar-refractivity contribution in [2.75, 3.05) is 0 Å². The topological polar surface area (TPSA) is 50.9 Å². The van der Waals surface area contributed by atoms with Gasteiger partial charge >= 0.3 is 0 Å². The largest absolute Gasteiger partial charge is 0.388 e. The Labute approximate surface area is 97.7 Å². The van der Waals surface area contributed by atoms with E-state index in [0.29, 0.717) is 17.7 Å². The van der Waals surface area contributed by atoms with Gasteiger partial charge in [0.2, 0.25) is 0 Å². The Morgan fingerprint density at radius 2 is 1.94 bits per heavy atom. The summed E-state index contributed by atoms with van der Waals surface area (Å²) in [6, 6.07) is 6.55. The minimum Gasteiger partial charge on any atom is -0.388 e. The molecule has 1 saturated carbocycles. The van der Waals surface area contributed by atoms with E-state index in [1.54, 1.807) is 12.1 Å². The predicted octanol–water partition coefficient (Wildman–Crippen LogP) is 1.91. The van der Waals surface area contributed by atoms with Crippen LogP contribution >= 0.6 is 0 Å². The molecule has 0 amide bonds. The molecule has 0 atom stereocenters. The lowest BCUT2D eigenvalue weighted by Crippen LogP contribution is -2.03. The maximum absolute atomic E-state index is 12.9. The summed E-state index contributed by atoms with van der Waals surface area (Å²) < 4.78 is 14.8. The number of hydrogen-bond acceptors (Lipinski definition) is 3. The van der Waals surface area contributed by atoms with Gasteiger partial charge in [0.05, 0.1) is 0 Å². The predicted molar refractivity (Wildman–Crippen MR) is 59.6 cm³/mol. The molecule has 1 aliphatic rings. The molecule has 88 valence electrons. The Hall–Kier alpha value is -1.75. The molecular formula is C12H12FN3O. The fourth-order valence-electron chi connectivity index (χ4n) is 1.94. The average molecular weight is 233 g/mol. The van der Waals surface area contributed by atoms with Gasteiger partial charge in [0.25, 0.3) is 0 Å². The third-order valence-electron chi connectivity index (χ3n) is 2.92. The fraction of sp³-hybridized carbons (Fsp3) is 0.333. The molecule has 17 heavy (non-hydrogen) atoms. The number of aliphatic hydroxyl groups excluding tert-OH is 1. The van der Waals surface area contributed by atoms with Crippen molar-refractivity contribution in [3.05, 3.63) is 35.9 Å². The van der Waals surface area contributed by atoms with Crippen LogP contribution < -0.4 is 0 Å². The Morgan fingerprint density at radius 1 is 1.24 bits per heavy atom. The zero-order chi connectivity index (χ0) is 11.8. The van der Waals surface area contributed by atoms with Crippen LogP contribution in [0.2, 0.25) is 0 Å². The highest BCUT2D eigenvalue weighted by molar-refractivity contribution is 5.55. The third-order valence-corrected chi connectivity index (χ3v) is 2.92. The molecular weight excluding hydrogens is 221 g/mol. The average Bonchev–Trinajstić information content (AvgIpc) is 3.10. The molecule has 2 aromatic rings. The quantitative estimate of drug-likeness (QED) is 0.881. The number of rotatable bonds is 3. The summed E-state index contributed by atoms with van der Waals surface area (Å²) >= 11 is 0. The van der Waals surface area contributed by atoms with Crippen LogP contribution in [0.4, 0.5) is 4.39 Å². The van der Waals surface area contributed by atoms with Crippen molar-refractivity contribution in [1.82, 2.24) is 14.8 Å². The summed E-state index contributed by atoms with van der Waals surface area (Å²) in [5.74, 6) is 1.01. The van der Waals surface area contributed by atoms with Crippen molar-refractivity contribution < 1.29 is 9.50 Å². The lowest BCUT2D eigenvalue weighted by atomic mass is 10.2. The first-order valence-electron chi connectivity index (χ1n) is 5.60. The third kappa shape index (κ3) is 1.82. The zero-order valence-electron chi connectivity index (χ0n) is 9.17. The van der Waals surface area contributed by atoms with Gasteiger partial charge in [0.15, 0.2) is 11.6 Å². The maximum Gasteiger partial charge on any atom is 0.164 e. The fourth-order valence-corrected chi connectivity index (χ4v) is 1.94. The van der Waals surface area contributed by atoms with E-state index in [1.807, 2.05) is 4.57 Å². The first kappa shape index (κ1) is 10.4. The normalized spacial score (nSPS) is 15.2. The number of hydrogen-bond donors (Lipinski definition) is 1. The molecule has 0 spiro atoms. The van der Waals surface area contributed by atoms with Gasteiger partial charge in [-0.2, -0.15) is 0 Å². The molecule has 0 saturated heterocycles. The van der Waals surface area contributed by atoms with E-state index in [-0.39, 0.29) is 12.4 Å². The van der Waals surface area contributed by atoms with E-state index < -0.39 is 0 Å². The summed E-state index contributed by atoms with van der Waals surface area (Å²) in [6.07, 6.45) is 2.17. The van der Waals surface area contributed by atoms with Gasteiger partial charge < -0.3 is 9.67 Å². The van der Waals surface area contributed by atoms with Crippen molar-refractivity contribution in [2.24, 2.45) is 0 Å². The molecule has 5 heteroatoms. The second-order valence-electron chi connectivity index (χ2n) is 4.21. The Morgan fingerprint density at radius 3 is 2.53 bits per heavy atom. The van der Waals surface area contributed by atoms with Crippen LogP contribution in [-0.4, -0.2) is 19.9 Å². The SMILES string of the molecule is OCc1nnc(-c2ccc(F)cc2)n1C1CC1. The summed E-state index contributed by atoms with van der Waals surface area (Å²) in [6.45, 7) is -0.120. The van der Waals surface area contributed by atoms with Crippen LogP contribution in [0, 0.1) is 5.82 Å². The number of halogens is 1. The molecule has 3 rings (SSSR count). The van der Waals surface area contributed by atoms with Crippen molar-refractivity contribution in [2.45, 2.75) is 25.5 Å². The number of aromatic nitrogens is 3. The van der Waals surface area contributed by atoms with Gasteiger partial charge in [0, 0.05) is 11.6 Å². The van der Waals surface area contributed by atoms with Gasteiger partial charge in [-0.05, 0) is 37.1 Å². The smallest absolute Gasteiger partial charge is 0.164 e. The van der Waals surface area contributed by atoms with Crippen LogP contribution in [0.15, 0.2) is 24.3 Å². The second kappa shape index (κ2) is 3.92. The van der Waals surface area contributed by atoms with Crippen LogP contribution in [0.5, 0.6) is 0 Å². The summed E-state index contributed by atoms with van der Waals surface area (Å²) in [7, 11) is 0. The van der Waals surface area contributed by atoms with Gasteiger partial charge in [-0.3, -0.25) is 0 Å². The molecule has 0 bridgehead atoms. The minimum atomic E-state index is -0.270. The van der Waals surface area contributed by atoms with E-state index >= 15 is 0 Å². The highest BCUT2D eigenvalue weighted by Gasteiger charge is 2.29. The highest BCUT2D eigenvalue weighted by atomic mass is 19.1. The summed E-state index contributed by atoms with van der Waals surface area (Å²) in [5.41, 5.74) is 0.825. The summed E-state index contributed by atoms with van der Waals surface area (Å²) in [4.78, 5) is 0. The van der Waals surface area contributed by atoms with Crippen LogP contribution in [0.3, 0.4) is 0 Å². The molecule has 1 aromatic carbocycles. The van der Waals surface area contributed by atoms with Crippen LogP contribution in [-0.2, 0) is 6.61 Å².